The van der Waals surface area contributed by atoms with Crippen LogP contribution in [0.1, 0.15) is 18.6 Å². The van der Waals surface area contributed by atoms with Crippen molar-refractivity contribution in [2.75, 3.05) is 5.32 Å². The SMILES string of the molecule is Cc1nc(C)n(CC(C)C(=O)Nc2nccs2)n1. The average Bonchev–Trinajstić information content (AvgIpc) is 2.89. The minimum atomic E-state index is -0.186. The molecule has 0 aromatic carbocycles. The van der Waals surface area contributed by atoms with Crippen LogP contribution in [0.15, 0.2) is 11.6 Å². The molecule has 0 aliphatic carbocycles. The van der Waals surface area contributed by atoms with Crippen LogP contribution in [0.3, 0.4) is 0 Å². The summed E-state index contributed by atoms with van der Waals surface area (Å²) in [6.45, 7) is 6.10. The van der Waals surface area contributed by atoms with Gasteiger partial charge in [-0.3, -0.25) is 4.79 Å². The van der Waals surface area contributed by atoms with E-state index in [-0.39, 0.29) is 11.8 Å². The number of carbonyl (C=O) groups excluding carboxylic acids is 1. The summed E-state index contributed by atoms with van der Waals surface area (Å²) in [7, 11) is 0. The maximum absolute atomic E-state index is 11.9. The number of carbonyl (C=O) groups is 1. The molecule has 1 unspecified atom stereocenters. The number of hydrogen-bond donors (Lipinski definition) is 1. The lowest BCUT2D eigenvalue weighted by atomic mass is 10.1. The third-order valence-electron chi connectivity index (χ3n) is 2.52. The van der Waals surface area contributed by atoms with E-state index in [1.807, 2.05) is 26.2 Å². The van der Waals surface area contributed by atoms with Gasteiger partial charge in [0.05, 0.1) is 12.5 Å². The van der Waals surface area contributed by atoms with Crippen molar-refractivity contribution in [3.05, 3.63) is 23.2 Å². The summed E-state index contributed by atoms with van der Waals surface area (Å²) >= 11 is 1.40. The number of amides is 1. The Kier molecular flexibility index (Phi) is 3.71. The fourth-order valence-corrected chi connectivity index (χ4v) is 2.12. The van der Waals surface area contributed by atoms with Crippen LogP contribution in [0.4, 0.5) is 5.13 Å². The molecule has 2 aromatic rings. The van der Waals surface area contributed by atoms with Gasteiger partial charge in [-0.2, -0.15) is 5.10 Å². The van der Waals surface area contributed by atoms with Gasteiger partial charge in [-0.25, -0.2) is 14.6 Å². The molecule has 0 bridgehead atoms. The van der Waals surface area contributed by atoms with Crippen LogP contribution in [0.5, 0.6) is 0 Å². The lowest BCUT2D eigenvalue weighted by Gasteiger charge is -2.11. The summed E-state index contributed by atoms with van der Waals surface area (Å²) < 4.78 is 1.75. The van der Waals surface area contributed by atoms with Crippen LogP contribution in [-0.4, -0.2) is 25.7 Å². The molecule has 1 N–H and O–H groups in total. The Labute approximate surface area is 109 Å². The highest BCUT2D eigenvalue weighted by atomic mass is 32.1. The molecule has 1 amide bonds. The molecule has 0 aliphatic heterocycles. The van der Waals surface area contributed by atoms with Crippen LogP contribution < -0.4 is 5.32 Å². The van der Waals surface area contributed by atoms with Crippen molar-refractivity contribution in [1.29, 1.82) is 0 Å². The van der Waals surface area contributed by atoms with Crippen molar-refractivity contribution >= 4 is 22.4 Å². The van der Waals surface area contributed by atoms with Crippen LogP contribution in [0.2, 0.25) is 0 Å². The maximum Gasteiger partial charge on any atom is 0.230 e. The Hall–Kier alpha value is -1.76. The molecule has 6 nitrogen and oxygen atoms in total. The fourth-order valence-electron chi connectivity index (χ4n) is 1.59. The molecule has 0 saturated heterocycles. The largest absolute Gasteiger partial charge is 0.302 e. The summed E-state index contributed by atoms with van der Waals surface area (Å²) in [5.74, 6) is 1.30. The number of nitrogens with one attached hydrogen (secondary N) is 1. The molecule has 0 radical (unpaired) electrons. The second-order valence-electron chi connectivity index (χ2n) is 4.12. The predicted octanol–water partition coefficient (Wildman–Crippen LogP) is 1.63. The number of aryl methyl sites for hydroxylation is 2. The first-order chi connectivity index (χ1) is 8.56. The molecule has 18 heavy (non-hydrogen) atoms. The van der Waals surface area contributed by atoms with Crippen LogP contribution >= 0.6 is 11.3 Å². The standard InChI is InChI=1S/C11H15N5OS/c1-7(6-16-9(3)13-8(2)15-16)10(17)14-11-12-4-5-18-11/h4-5,7H,6H2,1-3H3,(H,12,14,17). The van der Waals surface area contributed by atoms with E-state index < -0.39 is 0 Å². The molecular weight excluding hydrogens is 250 g/mol. The smallest absolute Gasteiger partial charge is 0.230 e. The lowest BCUT2D eigenvalue weighted by molar-refractivity contribution is -0.119. The number of nitrogens with zero attached hydrogens (tertiary/aromatic N) is 4. The first kappa shape index (κ1) is 12.7. The zero-order valence-corrected chi connectivity index (χ0v) is 11.4. The average molecular weight is 265 g/mol. The summed E-state index contributed by atoms with van der Waals surface area (Å²) in [5, 5.41) is 9.47. The van der Waals surface area contributed by atoms with Crippen molar-refractivity contribution in [2.24, 2.45) is 5.92 Å². The normalized spacial score (nSPS) is 12.4. The molecule has 1 atom stereocenters. The summed E-state index contributed by atoms with van der Waals surface area (Å²) in [5.41, 5.74) is 0. The molecule has 0 spiro atoms. The number of anilines is 1. The Bertz CT molecular complexity index is 534. The van der Waals surface area contributed by atoms with Gasteiger partial charge in [0.15, 0.2) is 5.13 Å². The highest BCUT2D eigenvalue weighted by Crippen LogP contribution is 2.12. The monoisotopic (exact) mass is 265 g/mol. The third kappa shape index (κ3) is 2.92. The van der Waals surface area contributed by atoms with Gasteiger partial charge in [-0.15, -0.1) is 11.3 Å². The van der Waals surface area contributed by atoms with Crippen LogP contribution in [0, 0.1) is 19.8 Å². The van der Waals surface area contributed by atoms with Gasteiger partial charge in [-0.05, 0) is 13.8 Å². The molecule has 2 rings (SSSR count). The topological polar surface area (TPSA) is 72.7 Å². The Morgan fingerprint density at radius 2 is 2.33 bits per heavy atom. The van der Waals surface area contributed by atoms with Gasteiger partial charge >= 0.3 is 0 Å². The third-order valence-corrected chi connectivity index (χ3v) is 3.21. The van der Waals surface area contributed by atoms with Gasteiger partial charge in [-0.1, -0.05) is 6.92 Å². The van der Waals surface area contributed by atoms with Gasteiger partial charge in [0.25, 0.3) is 0 Å². The quantitative estimate of drug-likeness (QED) is 0.911. The Morgan fingerprint density at radius 1 is 1.56 bits per heavy atom. The molecule has 0 saturated carbocycles. The van der Waals surface area contributed by atoms with E-state index >= 15 is 0 Å². The molecule has 96 valence electrons. The van der Waals surface area contributed by atoms with Gasteiger partial charge in [0, 0.05) is 11.6 Å². The second kappa shape index (κ2) is 5.26. The molecule has 0 fully saturated rings. The molecule has 0 aliphatic rings. The van der Waals surface area contributed by atoms with Gasteiger partial charge in [0.2, 0.25) is 5.91 Å². The fraction of sp³-hybridized carbons (Fsp3) is 0.455. The number of rotatable bonds is 4. The van der Waals surface area contributed by atoms with Crippen molar-refractivity contribution in [2.45, 2.75) is 27.3 Å². The predicted molar refractivity (Wildman–Crippen MR) is 69.4 cm³/mol. The van der Waals surface area contributed by atoms with Crippen molar-refractivity contribution in [3.63, 3.8) is 0 Å². The Balaban J connectivity index is 1.97. The summed E-state index contributed by atoms with van der Waals surface area (Å²) in [4.78, 5) is 20.2. The first-order valence-electron chi connectivity index (χ1n) is 5.64. The van der Waals surface area contributed by atoms with E-state index in [1.165, 1.54) is 11.3 Å². The van der Waals surface area contributed by atoms with E-state index in [0.29, 0.717) is 11.7 Å². The summed E-state index contributed by atoms with van der Waals surface area (Å²) in [6, 6.07) is 0. The maximum atomic E-state index is 11.9. The van der Waals surface area contributed by atoms with E-state index in [0.717, 1.165) is 11.6 Å². The number of hydrogen-bond acceptors (Lipinski definition) is 5. The van der Waals surface area contributed by atoms with Gasteiger partial charge < -0.3 is 5.32 Å². The molecule has 7 heteroatoms. The van der Waals surface area contributed by atoms with E-state index in [9.17, 15) is 4.79 Å². The minimum absolute atomic E-state index is 0.0579. The van der Waals surface area contributed by atoms with E-state index in [2.05, 4.69) is 20.4 Å². The van der Waals surface area contributed by atoms with Crippen LogP contribution in [0.25, 0.3) is 0 Å². The number of aromatic nitrogens is 4. The molecule has 2 aromatic heterocycles. The number of thiazole rings is 1. The van der Waals surface area contributed by atoms with Crippen molar-refractivity contribution in [3.8, 4) is 0 Å². The van der Waals surface area contributed by atoms with E-state index in [1.54, 1.807) is 10.9 Å². The zero-order valence-electron chi connectivity index (χ0n) is 10.5. The van der Waals surface area contributed by atoms with Crippen LogP contribution in [-0.2, 0) is 11.3 Å². The van der Waals surface area contributed by atoms with Gasteiger partial charge in [0.1, 0.15) is 11.6 Å². The lowest BCUT2D eigenvalue weighted by Crippen LogP contribution is -2.25. The minimum Gasteiger partial charge on any atom is -0.302 e. The van der Waals surface area contributed by atoms with Crippen molar-refractivity contribution < 1.29 is 4.79 Å². The Morgan fingerprint density at radius 3 is 2.89 bits per heavy atom. The summed E-state index contributed by atoms with van der Waals surface area (Å²) in [6.07, 6.45) is 1.66. The molecule has 2 heterocycles. The first-order valence-corrected chi connectivity index (χ1v) is 6.52. The zero-order chi connectivity index (χ0) is 13.1. The highest BCUT2D eigenvalue weighted by Gasteiger charge is 2.16. The van der Waals surface area contributed by atoms with Crippen molar-refractivity contribution in [1.82, 2.24) is 19.7 Å². The highest BCUT2D eigenvalue weighted by molar-refractivity contribution is 7.13. The molecular formula is C11H15N5OS. The second-order valence-corrected chi connectivity index (χ2v) is 5.01. The van der Waals surface area contributed by atoms with E-state index in [4.69, 9.17) is 0 Å².